The summed E-state index contributed by atoms with van der Waals surface area (Å²) in [4.78, 5) is 30.8. The fourth-order valence-corrected chi connectivity index (χ4v) is 2.89. The van der Waals surface area contributed by atoms with Gasteiger partial charge in [0.2, 0.25) is 5.78 Å². The van der Waals surface area contributed by atoms with E-state index in [1.165, 1.54) is 10.1 Å². The van der Waals surface area contributed by atoms with Gasteiger partial charge in [0, 0.05) is 24.6 Å². The van der Waals surface area contributed by atoms with Crippen molar-refractivity contribution in [2.24, 2.45) is 7.05 Å². The van der Waals surface area contributed by atoms with E-state index in [2.05, 4.69) is 9.97 Å². The highest BCUT2D eigenvalue weighted by Crippen LogP contribution is 2.20. The van der Waals surface area contributed by atoms with E-state index in [0.717, 1.165) is 11.4 Å². The number of hydrogen-bond acceptors (Lipinski definition) is 3. The second-order valence-electron chi connectivity index (χ2n) is 5.71. The molecule has 1 N–H and O–H groups in total. The lowest BCUT2D eigenvalue weighted by atomic mass is 10.2. The number of H-pyrrole nitrogens is 1. The summed E-state index contributed by atoms with van der Waals surface area (Å²) in [5.74, 6) is 0.605. The molecule has 4 aromatic rings. The van der Waals surface area contributed by atoms with Gasteiger partial charge >= 0.3 is 5.69 Å². The minimum atomic E-state index is -0.470. The van der Waals surface area contributed by atoms with Gasteiger partial charge in [-0.2, -0.15) is 4.98 Å². The summed E-state index contributed by atoms with van der Waals surface area (Å²) >= 11 is 0. The number of benzene rings is 1. The predicted molar refractivity (Wildman–Crippen MR) is 87.4 cm³/mol. The average Bonchev–Trinajstić information content (AvgIpc) is 3.01. The molecule has 1 aromatic carbocycles. The highest BCUT2D eigenvalue weighted by molar-refractivity contribution is 5.76. The molecule has 23 heavy (non-hydrogen) atoms. The molecule has 0 spiro atoms. The molecule has 0 aliphatic heterocycles. The second kappa shape index (κ2) is 4.45. The van der Waals surface area contributed by atoms with E-state index >= 15 is 0 Å². The van der Waals surface area contributed by atoms with E-state index < -0.39 is 11.2 Å². The van der Waals surface area contributed by atoms with Crippen LogP contribution < -0.4 is 11.2 Å². The van der Waals surface area contributed by atoms with Gasteiger partial charge in [0.05, 0.1) is 0 Å². The van der Waals surface area contributed by atoms with Crippen LogP contribution in [0.5, 0.6) is 0 Å². The van der Waals surface area contributed by atoms with E-state index in [-0.39, 0.29) is 0 Å². The highest BCUT2D eigenvalue weighted by atomic mass is 16.2. The fraction of sp³-hybridized carbons (Fsp3) is 0.188. The van der Waals surface area contributed by atoms with Crippen LogP contribution in [0, 0.1) is 13.8 Å². The van der Waals surface area contributed by atoms with Crippen LogP contribution in [0.4, 0.5) is 0 Å². The van der Waals surface area contributed by atoms with Gasteiger partial charge in [-0.3, -0.25) is 23.3 Å². The third-order valence-corrected chi connectivity index (χ3v) is 4.09. The van der Waals surface area contributed by atoms with Gasteiger partial charge < -0.3 is 0 Å². The molecule has 4 rings (SSSR count). The van der Waals surface area contributed by atoms with Crippen molar-refractivity contribution in [2.45, 2.75) is 13.8 Å². The number of imidazole rings is 2. The summed E-state index contributed by atoms with van der Waals surface area (Å²) < 4.78 is 5.03. The first-order chi connectivity index (χ1) is 11.0. The molecular weight excluding hydrogens is 294 g/mol. The van der Waals surface area contributed by atoms with E-state index in [4.69, 9.17) is 0 Å². The number of aromatic nitrogens is 5. The van der Waals surface area contributed by atoms with Crippen LogP contribution in [-0.2, 0) is 7.05 Å². The van der Waals surface area contributed by atoms with E-state index in [1.807, 2.05) is 48.9 Å². The highest BCUT2D eigenvalue weighted by Gasteiger charge is 2.17. The normalized spacial score (nSPS) is 11.6. The SMILES string of the molecule is Cc1ccc(-n2c(C)cn3c4c(=O)[nH]c(=O)n(C)c4nc23)cc1. The lowest BCUT2D eigenvalue weighted by Crippen LogP contribution is -2.28. The van der Waals surface area contributed by atoms with E-state index in [9.17, 15) is 9.59 Å². The van der Waals surface area contributed by atoms with Crippen molar-refractivity contribution >= 4 is 16.9 Å². The van der Waals surface area contributed by atoms with Crippen molar-refractivity contribution in [3.8, 4) is 5.69 Å². The summed E-state index contributed by atoms with van der Waals surface area (Å²) in [5, 5.41) is 0. The Balaban J connectivity index is 2.17. The van der Waals surface area contributed by atoms with Crippen LogP contribution in [0.2, 0.25) is 0 Å². The molecule has 0 bridgehead atoms. The summed E-state index contributed by atoms with van der Waals surface area (Å²) in [6.07, 6.45) is 1.85. The topological polar surface area (TPSA) is 77.1 Å². The van der Waals surface area contributed by atoms with Crippen molar-refractivity contribution in [1.82, 2.24) is 23.5 Å². The average molecular weight is 309 g/mol. The largest absolute Gasteiger partial charge is 0.329 e. The summed E-state index contributed by atoms with van der Waals surface area (Å²) in [7, 11) is 1.59. The zero-order valence-corrected chi connectivity index (χ0v) is 13.0. The van der Waals surface area contributed by atoms with Gasteiger partial charge in [0.15, 0.2) is 11.2 Å². The van der Waals surface area contributed by atoms with Gasteiger partial charge in [0.25, 0.3) is 5.56 Å². The minimum Gasteiger partial charge on any atom is -0.283 e. The maximum atomic E-state index is 12.2. The molecule has 0 saturated heterocycles. The number of nitrogens with zero attached hydrogens (tertiary/aromatic N) is 4. The second-order valence-corrected chi connectivity index (χ2v) is 5.71. The van der Waals surface area contributed by atoms with Crippen molar-refractivity contribution in [1.29, 1.82) is 0 Å². The molecule has 116 valence electrons. The summed E-state index contributed by atoms with van der Waals surface area (Å²) in [5.41, 5.74) is 2.91. The lowest BCUT2D eigenvalue weighted by Gasteiger charge is -2.05. The third kappa shape index (κ3) is 1.79. The first-order valence-corrected chi connectivity index (χ1v) is 7.24. The standard InChI is InChI=1S/C16H15N5O2/c1-9-4-6-11(7-5-9)21-10(2)8-20-12-13(17-15(20)21)19(3)16(23)18-14(12)22/h4-8H,1-3H3,(H,18,22,23). The molecule has 0 radical (unpaired) electrons. The molecule has 0 atom stereocenters. The molecule has 0 aliphatic rings. The van der Waals surface area contributed by atoms with Gasteiger partial charge in [-0.1, -0.05) is 17.7 Å². The number of fused-ring (bicyclic) bond motifs is 3. The number of nitrogens with one attached hydrogen (secondary N) is 1. The number of aromatic amines is 1. The Labute approximate surface area is 130 Å². The first-order valence-electron chi connectivity index (χ1n) is 7.24. The number of rotatable bonds is 1. The summed E-state index contributed by atoms with van der Waals surface area (Å²) in [6, 6.07) is 8.06. The Morgan fingerprint density at radius 3 is 2.48 bits per heavy atom. The lowest BCUT2D eigenvalue weighted by molar-refractivity contribution is 0.831. The smallest absolute Gasteiger partial charge is 0.283 e. The molecule has 3 aromatic heterocycles. The maximum Gasteiger partial charge on any atom is 0.329 e. The molecule has 0 fully saturated rings. The Morgan fingerprint density at radius 1 is 1.09 bits per heavy atom. The van der Waals surface area contributed by atoms with Crippen LogP contribution in [-0.4, -0.2) is 23.5 Å². The molecule has 7 heteroatoms. The van der Waals surface area contributed by atoms with Crippen LogP contribution in [0.15, 0.2) is 40.1 Å². The van der Waals surface area contributed by atoms with Crippen molar-refractivity contribution < 1.29 is 0 Å². The fourth-order valence-electron chi connectivity index (χ4n) is 2.89. The molecule has 0 saturated carbocycles. The molecule has 3 heterocycles. The van der Waals surface area contributed by atoms with Crippen LogP contribution >= 0.6 is 0 Å². The van der Waals surface area contributed by atoms with Gasteiger partial charge in [-0.05, 0) is 26.0 Å². The monoisotopic (exact) mass is 309 g/mol. The zero-order chi connectivity index (χ0) is 16.3. The van der Waals surface area contributed by atoms with Gasteiger partial charge in [-0.15, -0.1) is 0 Å². The van der Waals surface area contributed by atoms with Crippen molar-refractivity contribution in [2.75, 3.05) is 0 Å². The Bertz CT molecular complexity index is 1170. The van der Waals surface area contributed by atoms with Crippen LogP contribution in [0.1, 0.15) is 11.3 Å². The Hall–Kier alpha value is -3.09. The Morgan fingerprint density at radius 2 is 1.78 bits per heavy atom. The van der Waals surface area contributed by atoms with Crippen LogP contribution in [0.25, 0.3) is 22.6 Å². The molecule has 0 amide bonds. The molecule has 0 aliphatic carbocycles. The molecule has 0 unspecified atom stereocenters. The van der Waals surface area contributed by atoms with Crippen molar-refractivity contribution in [3.05, 3.63) is 62.6 Å². The number of hydrogen-bond donors (Lipinski definition) is 1. The van der Waals surface area contributed by atoms with E-state index in [0.29, 0.717) is 16.9 Å². The quantitative estimate of drug-likeness (QED) is 0.575. The first kappa shape index (κ1) is 13.6. The summed E-state index contributed by atoms with van der Waals surface area (Å²) in [6.45, 7) is 3.98. The van der Waals surface area contributed by atoms with Crippen LogP contribution in [0.3, 0.4) is 0 Å². The molecular formula is C16H15N5O2. The third-order valence-electron chi connectivity index (χ3n) is 4.09. The molecule has 7 nitrogen and oxygen atoms in total. The maximum absolute atomic E-state index is 12.2. The van der Waals surface area contributed by atoms with Gasteiger partial charge in [0.1, 0.15) is 0 Å². The van der Waals surface area contributed by atoms with Gasteiger partial charge in [-0.25, -0.2) is 4.79 Å². The predicted octanol–water partition coefficient (Wildman–Crippen LogP) is 1.28. The minimum absolute atomic E-state index is 0.370. The van der Waals surface area contributed by atoms with E-state index in [1.54, 1.807) is 11.4 Å². The Kier molecular flexibility index (Phi) is 2.63. The van der Waals surface area contributed by atoms with Crippen molar-refractivity contribution in [3.63, 3.8) is 0 Å². The number of aryl methyl sites for hydroxylation is 3. The zero-order valence-electron chi connectivity index (χ0n) is 13.0.